The minimum Gasteiger partial charge on any atom is -0.399 e. The fourth-order valence-electron chi connectivity index (χ4n) is 1.68. The highest BCUT2D eigenvalue weighted by atomic mass is 16.3. The van der Waals surface area contributed by atoms with Gasteiger partial charge in [0.15, 0.2) is 0 Å². The highest BCUT2D eigenvalue weighted by Gasteiger charge is 2.05. The second-order valence-corrected chi connectivity index (χ2v) is 3.50. The number of hydrogen-bond donors (Lipinski definition) is 2. The normalized spacial score (nSPS) is 13.0. The van der Waals surface area contributed by atoms with Gasteiger partial charge in [0.05, 0.1) is 6.10 Å². The van der Waals surface area contributed by atoms with Crippen LogP contribution in [0.2, 0.25) is 0 Å². The number of aliphatic hydroxyl groups excluding tert-OH is 1. The maximum absolute atomic E-state index is 9.57. The molecule has 0 amide bonds. The summed E-state index contributed by atoms with van der Waals surface area (Å²) in [7, 11) is 0. The van der Waals surface area contributed by atoms with Crippen LogP contribution < -0.4 is 5.73 Å². The van der Waals surface area contributed by atoms with Crippen LogP contribution in [0.3, 0.4) is 0 Å². The maximum atomic E-state index is 9.57. The molecule has 0 saturated carbocycles. The van der Waals surface area contributed by atoms with Gasteiger partial charge in [0.2, 0.25) is 0 Å². The zero-order valence-corrected chi connectivity index (χ0v) is 8.07. The Kier molecular flexibility index (Phi) is 2.14. The molecule has 72 valence electrons. The number of fused-ring (bicyclic) bond motifs is 1. The van der Waals surface area contributed by atoms with Gasteiger partial charge in [-0.15, -0.1) is 0 Å². The minimum absolute atomic E-state index is 0.458. The largest absolute Gasteiger partial charge is 0.399 e. The molecule has 0 aromatic heterocycles. The first-order valence-electron chi connectivity index (χ1n) is 4.64. The summed E-state index contributed by atoms with van der Waals surface area (Å²) >= 11 is 0. The van der Waals surface area contributed by atoms with Crippen molar-refractivity contribution >= 4 is 16.5 Å². The third-order valence-corrected chi connectivity index (χ3v) is 2.39. The first kappa shape index (κ1) is 9.03. The lowest BCUT2D eigenvalue weighted by molar-refractivity contribution is 0.201. The van der Waals surface area contributed by atoms with Crippen LogP contribution in [0.25, 0.3) is 10.8 Å². The quantitative estimate of drug-likeness (QED) is 0.674. The zero-order chi connectivity index (χ0) is 10.1. The fourth-order valence-corrected chi connectivity index (χ4v) is 1.68. The summed E-state index contributed by atoms with van der Waals surface area (Å²) in [5, 5.41) is 11.7. The Morgan fingerprint density at radius 1 is 1.21 bits per heavy atom. The van der Waals surface area contributed by atoms with E-state index in [-0.39, 0.29) is 0 Å². The first-order chi connectivity index (χ1) is 6.68. The molecule has 0 spiro atoms. The molecule has 1 unspecified atom stereocenters. The van der Waals surface area contributed by atoms with Crippen LogP contribution in [0.15, 0.2) is 36.4 Å². The fraction of sp³-hybridized carbons (Fsp3) is 0.167. The van der Waals surface area contributed by atoms with Crippen molar-refractivity contribution in [2.24, 2.45) is 0 Å². The Morgan fingerprint density at radius 2 is 2.00 bits per heavy atom. The third kappa shape index (κ3) is 1.44. The summed E-state index contributed by atoms with van der Waals surface area (Å²) in [5.74, 6) is 0. The van der Waals surface area contributed by atoms with Crippen molar-refractivity contribution in [2.45, 2.75) is 13.0 Å². The number of nitrogen functional groups attached to an aromatic ring is 1. The monoisotopic (exact) mass is 187 g/mol. The molecule has 0 aliphatic heterocycles. The number of aliphatic hydroxyl groups is 1. The Balaban J connectivity index is 2.77. The second-order valence-electron chi connectivity index (χ2n) is 3.50. The van der Waals surface area contributed by atoms with Gasteiger partial charge >= 0.3 is 0 Å². The standard InChI is InChI=1S/C12H13NO/c1-8(14)11-4-2-3-9-5-6-10(13)7-12(9)11/h2-8,14H,13H2,1H3. The molecule has 3 N–H and O–H groups in total. The molecule has 2 aromatic carbocycles. The predicted octanol–water partition coefficient (Wildman–Crippen LogP) is 2.48. The summed E-state index contributed by atoms with van der Waals surface area (Å²) in [6.45, 7) is 1.76. The van der Waals surface area contributed by atoms with E-state index in [0.717, 1.165) is 22.0 Å². The third-order valence-electron chi connectivity index (χ3n) is 2.39. The molecule has 0 aliphatic carbocycles. The van der Waals surface area contributed by atoms with Crippen molar-refractivity contribution in [2.75, 3.05) is 5.73 Å². The zero-order valence-electron chi connectivity index (χ0n) is 8.07. The molecule has 1 atom stereocenters. The second kappa shape index (κ2) is 3.31. The lowest BCUT2D eigenvalue weighted by Gasteiger charge is -2.09. The van der Waals surface area contributed by atoms with E-state index in [1.807, 2.05) is 36.4 Å². The lowest BCUT2D eigenvalue weighted by atomic mass is 10.0. The molecule has 14 heavy (non-hydrogen) atoms. The average Bonchev–Trinajstić information content (AvgIpc) is 2.16. The van der Waals surface area contributed by atoms with Gasteiger partial charge in [0.1, 0.15) is 0 Å². The summed E-state index contributed by atoms with van der Waals surface area (Å²) in [6.07, 6.45) is -0.458. The van der Waals surface area contributed by atoms with Gasteiger partial charge in [0, 0.05) is 5.69 Å². The Bertz CT molecular complexity index is 463. The van der Waals surface area contributed by atoms with Gasteiger partial charge < -0.3 is 10.8 Å². The topological polar surface area (TPSA) is 46.2 Å². The van der Waals surface area contributed by atoms with Crippen LogP contribution in [0, 0.1) is 0 Å². The van der Waals surface area contributed by atoms with Crippen molar-refractivity contribution in [3.05, 3.63) is 42.0 Å². The number of nitrogens with two attached hydrogens (primary N) is 1. The van der Waals surface area contributed by atoms with Crippen molar-refractivity contribution in [1.29, 1.82) is 0 Å². The van der Waals surface area contributed by atoms with Crippen LogP contribution in [0.1, 0.15) is 18.6 Å². The number of anilines is 1. The van der Waals surface area contributed by atoms with E-state index in [4.69, 9.17) is 5.73 Å². The van der Waals surface area contributed by atoms with E-state index in [2.05, 4.69) is 0 Å². The summed E-state index contributed by atoms with van der Waals surface area (Å²) in [5.41, 5.74) is 7.36. The van der Waals surface area contributed by atoms with E-state index in [9.17, 15) is 5.11 Å². The lowest BCUT2D eigenvalue weighted by Crippen LogP contribution is -1.93. The van der Waals surface area contributed by atoms with Crippen LogP contribution in [0.4, 0.5) is 5.69 Å². The number of rotatable bonds is 1. The molecule has 0 heterocycles. The molecular weight excluding hydrogens is 174 g/mol. The van der Waals surface area contributed by atoms with Crippen molar-refractivity contribution < 1.29 is 5.11 Å². The molecule has 2 heteroatoms. The van der Waals surface area contributed by atoms with E-state index >= 15 is 0 Å². The summed E-state index contributed by atoms with van der Waals surface area (Å²) < 4.78 is 0. The molecule has 2 aromatic rings. The molecule has 0 radical (unpaired) electrons. The van der Waals surface area contributed by atoms with Crippen molar-refractivity contribution in [3.8, 4) is 0 Å². The van der Waals surface area contributed by atoms with Gasteiger partial charge in [-0.25, -0.2) is 0 Å². The van der Waals surface area contributed by atoms with Gasteiger partial charge in [-0.3, -0.25) is 0 Å². The van der Waals surface area contributed by atoms with E-state index < -0.39 is 6.10 Å². The molecule has 2 nitrogen and oxygen atoms in total. The molecule has 0 saturated heterocycles. The van der Waals surface area contributed by atoms with Crippen molar-refractivity contribution in [3.63, 3.8) is 0 Å². The Labute approximate surface area is 83.0 Å². The van der Waals surface area contributed by atoms with E-state index in [0.29, 0.717) is 0 Å². The SMILES string of the molecule is CC(O)c1cccc2ccc(N)cc12. The molecular formula is C12H13NO. The minimum atomic E-state index is -0.458. The van der Waals surface area contributed by atoms with Crippen LogP contribution in [0.5, 0.6) is 0 Å². The van der Waals surface area contributed by atoms with Gasteiger partial charge in [0.25, 0.3) is 0 Å². The molecule has 0 bridgehead atoms. The predicted molar refractivity (Wildman–Crippen MR) is 59.0 cm³/mol. The van der Waals surface area contributed by atoms with E-state index in [1.54, 1.807) is 6.92 Å². The average molecular weight is 187 g/mol. The first-order valence-corrected chi connectivity index (χ1v) is 4.64. The van der Waals surface area contributed by atoms with Gasteiger partial charge in [-0.1, -0.05) is 24.3 Å². The highest BCUT2D eigenvalue weighted by Crippen LogP contribution is 2.25. The Morgan fingerprint density at radius 3 is 2.71 bits per heavy atom. The molecule has 0 aliphatic rings. The number of hydrogen-bond acceptors (Lipinski definition) is 2. The van der Waals surface area contributed by atoms with Gasteiger partial charge in [-0.2, -0.15) is 0 Å². The van der Waals surface area contributed by atoms with Crippen LogP contribution >= 0.6 is 0 Å². The van der Waals surface area contributed by atoms with Crippen LogP contribution in [-0.2, 0) is 0 Å². The number of benzene rings is 2. The molecule has 2 rings (SSSR count). The maximum Gasteiger partial charge on any atom is 0.0767 e. The van der Waals surface area contributed by atoms with Gasteiger partial charge in [-0.05, 0) is 35.4 Å². The smallest absolute Gasteiger partial charge is 0.0767 e. The van der Waals surface area contributed by atoms with Crippen molar-refractivity contribution in [1.82, 2.24) is 0 Å². The molecule has 0 fully saturated rings. The summed E-state index contributed by atoms with van der Waals surface area (Å²) in [6, 6.07) is 11.6. The Hall–Kier alpha value is -1.54. The van der Waals surface area contributed by atoms with E-state index in [1.165, 1.54) is 0 Å². The summed E-state index contributed by atoms with van der Waals surface area (Å²) in [4.78, 5) is 0. The van der Waals surface area contributed by atoms with Crippen LogP contribution in [-0.4, -0.2) is 5.11 Å². The highest BCUT2D eigenvalue weighted by molar-refractivity contribution is 5.88.